The fourth-order valence-electron chi connectivity index (χ4n) is 5.28. The predicted molar refractivity (Wildman–Crippen MR) is 172 cm³/mol. The molecular weight excluding hydrogens is 626 g/mol. The minimum Gasteiger partial charge on any atom is -0.444 e. The number of hydrogen-bond donors (Lipinski definition) is 0. The summed E-state index contributed by atoms with van der Waals surface area (Å²) in [5.74, 6) is -1.19. The molecule has 0 aliphatic carbocycles. The molecular formula is C37H33F4N3O4. The van der Waals surface area contributed by atoms with Gasteiger partial charge >= 0.3 is 19.3 Å². The first-order chi connectivity index (χ1) is 23.2. The molecule has 0 saturated heterocycles. The second kappa shape index (κ2) is 15.9. The number of rotatable bonds is 13. The third-order valence-corrected chi connectivity index (χ3v) is 7.76. The van der Waals surface area contributed by atoms with E-state index in [-0.39, 0.29) is 6.61 Å². The van der Waals surface area contributed by atoms with Crippen molar-refractivity contribution in [3.05, 3.63) is 149 Å². The number of pyridine rings is 2. The van der Waals surface area contributed by atoms with Crippen molar-refractivity contribution in [3.63, 3.8) is 0 Å². The number of nitrogens with zero attached hydrogens (tertiary/aromatic N) is 3. The highest BCUT2D eigenvalue weighted by Gasteiger charge is 2.27. The first-order valence-electron chi connectivity index (χ1n) is 15.1. The van der Waals surface area contributed by atoms with E-state index in [1.54, 1.807) is 30.7 Å². The van der Waals surface area contributed by atoms with Gasteiger partial charge in [-0.15, -0.1) is 0 Å². The van der Waals surface area contributed by atoms with E-state index >= 15 is 0 Å². The molecule has 2 heterocycles. The molecule has 0 saturated carbocycles. The van der Waals surface area contributed by atoms with Gasteiger partial charge in [-0.1, -0.05) is 72.3 Å². The highest BCUT2D eigenvalue weighted by molar-refractivity contribution is 5.87. The lowest BCUT2D eigenvalue weighted by Crippen LogP contribution is -2.34. The Kier molecular flexibility index (Phi) is 11.2. The van der Waals surface area contributed by atoms with Gasteiger partial charge in [-0.2, -0.15) is 17.6 Å². The summed E-state index contributed by atoms with van der Waals surface area (Å²) in [5, 5.41) is 0. The molecule has 1 amide bonds. The van der Waals surface area contributed by atoms with Crippen LogP contribution in [0.5, 0.6) is 11.5 Å². The first kappa shape index (κ1) is 33.9. The van der Waals surface area contributed by atoms with Crippen molar-refractivity contribution < 1.29 is 36.6 Å². The minimum atomic E-state index is -3.26. The van der Waals surface area contributed by atoms with Crippen molar-refractivity contribution >= 4 is 11.9 Å². The molecule has 0 radical (unpaired) electrons. The fraction of sp³-hybridized carbons (Fsp3) is 0.216. The number of aromatic nitrogens is 2. The Morgan fingerprint density at radius 3 is 2.04 bits per heavy atom. The molecule has 0 fully saturated rings. The largest absolute Gasteiger partial charge is 0.444 e. The zero-order valence-corrected chi connectivity index (χ0v) is 26.2. The average molecular weight is 660 g/mol. The van der Waals surface area contributed by atoms with Crippen molar-refractivity contribution in [2.24, 2.45) is 0 Å². The van der Waals surface area contributed by atoms with Crippen molar-refractivity contribution in [1.29, 1.82) is 0 Å². The maximum absolute atomic E-state index is 13.6. The van der Waals surface area contributed by atoms with Crippen LogP contribution in [-0.4, -0.2) is 29.3 Å². The number of halogens is 4. The lowest BCUT2D eigenvalue weighted by Gasteiger charge is -2.28. The Labute approximate surface area is 275 Å². The van der Waals surface area contributed by atoms with Gasteiger partial charge in [0.2, 0.25) is 0 Å². The molecule has 2 unspecified atom stereocenters. The number of anilines is 1. The summed E-state index contributed by atoms with van der Waals surface area (Å²) in [7, 11) is 0. The highest BCUT2D eigenvalue weighted by atomic mass is 19.3. The number of carbonyl (C=O) groups excluding carboxylic acids is 1. The third kappa shape index (κ3) is 8.87. The normalized spacial score (nSPS) is 12.4. The average Bonchev–Trinajstić information content (AvgIpc) is 3.08. The zero-order valence-electron chi connectivity index (χ0n) is 26.2. The Bertz CT molecular complexity index is 1760. The highest BCUT2D eigenvalue weighted by Crippen LogP contribution is 2.37. The van der Waals surface area contributed by atoms with E-state index in [4.69, 9.17) is 4.74 Å². The summed E-state index contributed by atoms with van der Waals surface area (Å²) in [5.41, 5.74) is 4.81. The molecule has 0 aliphatic heterocycles. The lowest BCUT2D eigenvalue weighted by atomic mass is 9.86. The molecule has 3 aromatic carbocycles. The molecule has 2 aromatic heterocycles. The van der Waals surface area contributed by atoms with Crippen LogP contribution in [0.2, 0.25) is 0 Å². The van der Waals surface area contributed by atoms with Gasteiger partial charge in [-0.05, 0) is 78.4 Å². The van der Waals surface area contributed by atoms with Crippen molar-refractivity contribution in [3.8, 4) is 11.5 Å². The van der Waals surface area contributed by atoms with Crippen LogP contribution in [-0.2, 0) is 17.8 Å². The Morgan fingerprint density at radius 2 is 1.40 bits per heavy atom. The van der Waals surface area contributed by atoms with Crippen molar-refractivity contribution in [1.82, 2.24) is 9.97 Å². The summed E-state index contributed by atoms with van der Waals surface area (Å²) >= 11 is 0. The summed E-state index contributed by atoms with van der Waals surface area (Å²) in [6.07, 6.45) is 4.64. The van der Waals surface area contributed by atoms with Crippen LogP contribution >= 0.6 is 0 Å². The molecule has 7 nitrogen and oxygen atoms in total. The quantitative estimate of drug-likeness (QED) is 0.117. The minimum absolute atomic E-state index is 0.0666. The van der Waals surface area contributed by atoms with Gasteiger partial charge in [-0.3, -0.25) is 9.88 Å². The number of carbonyl (C=O) groups is 1. The van der Waals surface area contributed by atoms with E-state index in [9.17, 15) is 22.4 Å². The van der Waals surface area contributed by atoms with Crippen LogP contribution in [0.15, 0.2) is 116 Å². The fourth-order valence-corrected chi connectivity index (χ4v) is 5.28. The van der Waals surface area contributed by atoms with Crippen LogP contribution in [0.4, 0.5) is 28.2 Å². The van der Waals surface area contributed by atoms with Crippen molar-refractivity contribution in [2.75, 3.05) is 4.90 Å². The van der Waals surface area contributed by atoms with Crippen LogP contribution < -0.4 is 14.4 Å². The molecule has 0 spiro atoms. The van der Waals surface area contributed by atoms with Gasteiger partial charge in [0, 0.05) is 24.5 Å². The van der Waals surface area contributed by atoms with Crippen LogP contribution in [0.25, 0.3) is 0 Å². The standard InChI is InChI=1S/C37H33F4N3O4/c1-24-8-10-28(11-9-24)25(2)44(37(45)46-23-27-6-4-3-5-7-27)34-15-13-30(22-43-34)31(20-26-16-18-42-19-17-26)29-12-14-32(47-35(38)39)33(21-29)48-36(40)41/h3-19,21-22,25,31,35-36H,20,23H2,1-2H3. The number of alkyl halides is 4. The van der Waals surface area contributed by atoms with E-state index < -0.39 is 42.8 Å². The number of amides is 1. The summed E-state index contributed by atoms with van der Waals surface area (Å²) < 4.78 is 67.2. The topological polar surface area (TPSA) is 73.8 Å². The van der Waals surface area contributed by atoms with Gasteiger partial charge in [0.25, 0.3) is 0 Å². The van der Waals surface area contributed by atoms with Gasteiger partial charge in [0.05, 0.1) is 6.04 Å². The van der Waals surface area contributed by atoms with Gasteiger partial charge < -0.3 is 14.2 Å². The monoisotopic (exact) mass is 659 g/mol. The van der Waals surface area contributed by atoms with Gasteiger partial charge in [0.15, 0.2) is 11.5 Å². The summed E-state index contributed by atoms with van der Waals surface area (Å²) in [4.78, 5) is 23.8. The third-order valence-electron chi connectivity index (χ3n) is 7.76. The number of hydrogen-bond acceptors (Lipinski definition) is 6. The second-order valence-electron chi connectivity index (χ2n) is 11.0. The maximum Gasteiger partial charge on any atom is 0.416 e. The molecule has 0 aliphatic rings. The number of ether oxygens (including phenoxy) is 3. The maximum atomic E-state index is 13.6. The van der Waals surface area contributed by atoms with Gasteiger partial charge in [0.1, 0.15) is 12.4 Å². The molecule has 248 valence electrons. The molecule has 2 atom stereocenters. The Morgan fingerprint density at radius 1 is 0.750 bits per heavy atom. The van der Waals surface area contributed by atoms with E-state index in [0.717, 1.165) is 22.3 Å². The summed E-state index contributed by atoms with van der Waals surface area (Å²) in [6, 6.07) is 27.7. The Hall–Kier alpha value is -5.45. The molecule has 0 N–H and O–H groups in total. The molecule has 11 heteroatoms. The lowest BCUT2D eigenvalue weighted by molar-refractivity contribution is -0.0692. The zero-order chi connectivity index (χ0) is 34.0. The number of aryl methyl sites for hydroxylation is 1. The van der Waals surface area contributed by atoms with E-state index in [1.165, 1.54) is 23.1 Å². The predicted octanol–water partition coefficient (Wildman–Crippen LogP) is 9.27. The number of benzene rings is 3. The first-order valence-corrected chi connectivity index (χ1v) is 15.1. The second-order valence-corrected chi connectivity index (χ2v) is 11.0. The molecule has 5 rings (SSSR count). The van der Waals surface area contributed by atoms with Crippen molar-refractivity contribution in [2.45, 2.75) is 52.1 Å². The van der Waals surface area contributed by atoms with Crippen LogP contribution in [0.3, 0.4) is 0 Å². The molecule has 5 aromatic rings. The SMILES string of the molecule is Cc1ccc(C(C)N(C(=O)OCc2ccccc2)c2ccc(C(Cc3ccncc3)c3ccc(OC(F)F)c(OC(F)F)c3)cn2)cc1. The van der Waals surface area contributed by atoms with Gasteiger partial charge in [-0.25, -0.2) is 9.78 Å². The smallest absolute Gasteiger partial charge is 0.416 e. The summed E-state index contributed by atoms with van der Waals surface area (Å²) in [6.45, 7) is -2.57. The van der Waals surface area contributed by atoms with E-state index in [0.29, 0.717) is 23.4 Å². The van der Waals surface area contributed by atoms with E-state index in [1.807, 2.05) is 80.6 Å². The molecule has 48 heavy (non-hydrogen) atoms. The van der Waals surface area contributed by atoms with E-state index in [2.05, 4.69) is 19.4 Å². The van der Waals surface area contributed by atoms with Crippen LogP contribution in [0.1, 0.15) is 52.3 Å². The van der Waals surface area contributed by atoms with Crippen LogP contribution in [0, 0.1) is 6.92 Å². The Balaban J connectivity index is 1.50. The molecule has 0 bridgehead atoms.